The van der Waals surface area contributed by atoms with Gasteiger partial charge in [0.25, 0.3) is 0 Å². The molecule has 2 atom stereocenters. The summed E-state index contributed by atoms with van der Waals surface area (Å²) in [6.45, 7) is 0. The molecule has 4 nitrogen and oxygen atoms in total. The molecule has 19 heavy (non-hydrogen) atoms. The number of nitrogens with zero attached hydrogens (tertiary/aromatic N) is 2. The Hall–Kier alpha value is -1.17. The number of likely N-dealkylation sites (N-methyl/N-ethyl adjacent to an activating group) is 1. The molecule has 0 amide bonds. The predicted molar refractivity (Wildman–Crippen MR) is 78.9 cm³/mol. The Morgan fingerprint density at radius 1 is 1.32 bits per heavy atom. The van der Waals surface area contributed by atoms with E-state index in [0.29, 0.717) is 0 Å². The summed E-state index contributed by atoms with van der Waals surface area (Å²) < 4.78 is 8.54. The van der Waals surface area contributed by atoms with E-state index in [1.165, 1.54) is 0 Å². The lowest BCUT2D eigenvalue weighted by atomic mass is 9.99. The van der Waals surface area contributed by atoms with E-state index in [1.807, 2.05) is 37.0 Å². The highest BCUT2D eigenvalue weighted by atomic mass is 79.9. The molecule has 1 heterocycles. The summed E-state index contributed by atoms with van der Waals surface area (Å²) in [6, 6.07) is 10.2. The molecule has 0 saturated heterocycles. The number of aromatic nitrogens is 2. The second kappa shape index (κ2) is 6.32. The zero-order valence-corrected chi connectivity index (χ0v) is 12.9. The zero-order chi connectivity index (χ0) is 13.8. The fourth-order valence-electron chi connectivity index (χ4n) is 2.31. The molecule has 0 aliphatic heterocycles. The van der Waals surface area contributed by atoms with Gasteiger partial charge < -0.3 is 10.1 Å². The van der Waals surface area contributed by atoms with Crippen molar-refractivity contribution in [2.45, 2.75) is 12.1 Å². The third kappa shape index (κ3) is 2.88. The molecule has 0 spiro atoms. The maximum atomic E-state index is 5.70. The fourth-order valence-corrected chi connectivity index (χ4v) is 2.90. The first-order valence-corrected chi connectivity index (χ1v) is 6.90. The van der Waals surface area contributed by atoms with Gasteiger partial charge in [-0.1, -0.05) is 30.3 Å². The van der Waals surface area contributed by atoms with Gasteiger partial charge in [0.2, 0.25) is 0 Å². The number of benzene rings is 1. The average molecular weight is 324 g/mol. The normalized spacial score (nSPS) is 14.3. The number of ether oxygens (including phenoxy) is 1. The van der Waals surface area contributed by atoms with Gasteiger partial charge in [0.1, 0.15) is 6.10 Å². The number of hydrogen-bond donors (Lipinski definition) is 1. The smallest absolute Gasteiger partial charge is 0.103 e. The van der Waals surface area contributed by atoms with Gasteiger partial charge in [0.05, 0.1) is 22.4 Å². The van der Waals surface area contributed by atoms with Gasteiger partial charge in [0, 0.05) is 14.2 Å². The van der Waals surface area contributed by atoms with Crippen molar-refractivity contribution in [3.8, 4) is 0 Å². The summed E-state index contributed by atoms with van der Waals surface area (Å²) in [5.74, 6) is 0. The lowest BCUT2D eigenvalue weighted by Crippen LogP contribution is -2.27. The first-order valence-electron chi connectivity index (χ1n) is 6.11. The molecule has 2 aromatic rings. The number of nitrogens with one attached hydrogen (secondary N) is 1. The largest absolute Gasteiger partial charge is 0.375 e. The molecule has 1 aromatic heterocycles. The minimum atomic E-state index is -0.0714. The van der Waals surface area contributed by atoms with Gasteiger partial charge in [0.15, 0.2) is 0 Å². The van der Waals surface area contributed by atoms with Gasteiger partial charge in [-0.3, -0.25) is 4.68 Å². The average Bonchev–Trinajstić information content (AvgIpc) is 2.77. The molecule has 0 aliphatic carbocycles. The Balaban J connectivity index is 2.40. The monoisotopic (exact) mass is 323 g/mol. The van der Waals surface area contributed by atoms with E-state index in [-0.39, 0.29) is 12.1 Å². The number of aryl methyl sites for hydroxylation is 1. The van der Waals surface area contributed by atoms with Gasteiger partial charge in [-0.05, 0) is 28.5 Å². The van der Waals surface area contributed by atoms with Crippen LogP contribution in [0.2, 0.25) is 0 Å². The lowest BCUT2D eigenvalue weighted by Gasteiger charge is -2.26. The number of hydrogen-bond acceptors (Lipinski definition) is 3. The fraction of sp³-hybridized carbons (Fsp3) is 0.357. The van der Waals surface area contributed by atoms with Crippen molar-refractivity contribution in [3.63, 3.8) is 0 Å². The first kappa shape index (κ1) is 14.2. The van der Waals surface area contributed by atoms with Crippen LogP contribution in [0.1, 0.15) is 23.4 Å². The van der Waals surface area contributed by atoms with Crippen LogP contribution >= 0.6 is 15.9 Å². The van der Waals surface area contributed by atoms with Crippen molar-refractivity contribution in [1.29, 1.82) is 0 Å². The van der Waals surface area contributed by atoms with Gasteiger partial charge in [-0.25, -0.2) is 0 Å². The second-order valence-electron chi connectivity index (χ2n) is 4.33. The van der Waals surface area contributed by atoms with Crippen molar-refractivity contribution < 1.29 is 4.74 Å². The van der Waals surface area contributed by atoms with Crippen LogP contribution in [0.3, 0.4) is 0 Å². The van der Waals surface area contributed by atoms with E-state index in [2.05, 4.69) is 38.5 Å². The maximum absolute atomic E-state index is 5.70. The standard InChI is InChI=1S/C14H18BrN3O/c1-16-12(13-11(15)9-17-18(13)2)14(19-3)10-7-5-4-6-8-10/h4-9,12,14,16H,1-3H3. The van der Waals surface area contributed by atoms with Crippen LogP contribution in [0.5, 0.6) is 0 Å². The molecule has 1 aromatic carbocycles. The van der Waals surface area contributed by atoms with Gasteiger partial charge in [-0.2, -0.15) is 5.10 Å². The summed E-state index contributed by atoms with van der Waals surface area (Å²) in [7, 11) is 5.59. The van der Waals surface area contributed by atoms with Gasteiger partial charge >= 0.3 is 0 Å². The van der Waals surface area contributed by atoms with E-state index in [0.717, 1.165) is 15.7 Å². The Bertz CT molecular complexity index is 507. The highest BCUT2D eigenvalue weighted by Crippen LogP contribution is 2.34. The molecule has 0 bridgehead atoms. The van der Waals surface area contributed by atoms with Crippen molar-refractivity contribution in [1.82, 2.24) is 15.1 Å². The summed E-state index contributed by atoms with van der Waals surface area (Å²) in [6.07, 6.45) is 1.73. The van der Waals surface area contributed by atoms with E-state index < -0.39 is 0 Å². The third-order valence-corrected chi connectivity index (χ3v) is 3.84. The minimum Gasteiger partial charge on any atom is -0.375 e. The zero-order valence-electron chi connectivity index (χ0n) is 11.3. The van der Waals surface area contributed by atoms with E-state index in [9.17, 15) is 0 Å². The molecular weight excluding hydrogens is 306 g/mol. The highest BCUT2D eigenvalue weighted by Gasteiger charge is 2.27. The second-order valence-corrected chi connectivity index (χ2v) is 5.19. The van der Waals surface area contributed by atoms with E-state index >= 15 is 0 Å². The SMILES string of the molecule is CNC(c1c(Br)cnn1C)C(OC)c1ccccc1. The Morgan fingerprint density at radius 3 is 2.47 bits per heavy atom. The number of halogens is 1. The Kier molecular flexibility index (Phi) is 4.74. The molecule has 1 N–H and O–H groups in total. The molecule has 0 fully saturated rings. The topological polar surface area (TPSA) is 39.1 Å². The molecule has 0 aliphatic rings. The van der Waals surface area contributed by atoms with Crippen molar-refractivity contribution in [3.05, 3.63) is 52.3 Å². The van der Waals surface area contributed by atoms with Crippen molar-refractivity contribution in [2.24, 2.45) is 7.05 Å². The van der Waals surface area contributed by atoms with Crippen LogP contribution in [0.25, 0.3) is 0 Å². The molecule has 2 unspecified atom stereocenters. The van der Waals surface area contributed by atoms with E-state index in [4.69, 9.17) is 4.74 Å². The predicted octanol–water partition coefficient (Wildman–Crippen LogP) is 2.83. The van der Waals surface area contributed by atoms with Crippen molar-refractivity contribution >= 4 is 15.9 Å². The Morgan fingerprint density at radius 2 is 2.00 bits per heavy atom. The summed E-state index contributed by atoms with van der Waals surface area (Å²) in [5, 5.41) is 7.59. The molecule has 2 rings (SSSR count). The molecule has 0 saturated carbocycles. The van der Waals surface area contributed by atoms with Crippen LogP contribution in [0.15, 0.2) is 41.0 Å². The highest BCUT2D eigenvalue weighted by molar-refractivity contribution is 9.10. The summed E-state index contributed by atoms with van der Waals surface area (Å²) in [4.78, 5) is 0. The molecule has 0 radical (unpaired) electrons. The first-order chi connectivity index (χ1) is 9.19. The molecule has 102 valence electrons. The van der Waals surface area contributed by atoms with Crippen molar-refractivity contribution in [2.75, 3.05) is 14.2 Å². The van der Waals surface area contributed by atoms with Crippen LogP contribution in [-0.2, 0) is 11.8 Å². The lowest BCUT2D eigenvalue weighted by molar-refractivity contribution is 0.0674. The maximum Gasteiger partial charge on any atom is 0.103 e. The molecular formula is C14H18BrN3O. The Labute approximate surface area is 121 Å². The van der Waals surface area contributed by atoms with Crippen LogP contribution < -0.4 is 5.32 Å². The minimum absolute atomic E-state index is 0.0225. The summed E-state index contributed by atoms with van der Waals surface area (Å²) in [5.41, 5.74) is 2.20. The number of rotatable bonds is 5. The van der Waals surface area contributed by atoms with Crippen LogP contribution in [-0.4, -0.2) is 23.9 Å². The molecule has 5 heteroatoms. The quantitative estimate of drug-likeness (QED) is 0.919. The van der Waals surface area contributed by atoms with E-state index in [1.54, 1.807) is 13.3 Å². The summed E-state index contributed by atoms with van der Waals surface area (Å²) >= 11 is 3.55. The number of methoxy groups -OCH3 is 1. The van der Waals surface area contributed by atoms with Crippen LogP contribution in [0, 0.1) is 0 Å². The van der Waals surface area contributed by atoms with Gasteiger partial charge in [-0.15, -0.1) is 0 Å². The third-order valence-electron chi connectivity index (χ3n) is 3.23. The van der Waals surface area contributed by atoms with Crippen LogP contribution in [0.4, 0.5) is 0 Å².